The quantitative estimate of drug-likeness (QED) is 0.292. The van der Waals surface area contributed by atoms with Gasteiger partial charge in [-0.25, -0.2) is 0 Å². The number of rotatable bonds is 0. The van der Waals surface area contributed by atoms with Gasteiger partial charge in [-0.2, -0.15) is 0 Å². The lowest BCUT2D eigenvalue weighted by Crippen LogP contribution is -1.81. The molecule has 0 fully saturated rings. The topological polar surface area (TPSA) is 63.4 Å². The maximum Gasteiger partial charge on any atom is 0.291 e. The minimum atomic E-state index is -1.50. The fourth-order valence-electron chi connectivity index (χ4n) is 0. The second-order valence-electron chi connectivity index (χ2n) is 0.646. The van der Waals surface area contributed by atoms with Gasteiger partial charge in [0.25, 0.3) is 5.09 Å². The van der Waals surface area contributed by atoms with E-state index in [1.54, 1.807) is 0 Å². The van der Waals surface area contributed by atoms with Crippen LogP contribution in [0.25, 0.3) is 0 Å². The molecule has 0 aliphatic rings. The Morgan fingerprint density at radius 1 is 2.00 bits per heavy atom. The Morgan fingerprint density at radius 3 is 2.00 bits per heavy atom. The van der Waals surface area contributed by atoms with Gasteiger partial charge >= 0.3 is 0 Å². The van der Waals surface area contributed by atoms with Crippen LogP contribution in [0.5, 0.6) is 0 Å². The lowest BCUT2D eigenvalue weighted by atomic mass is 11.0. The third-order valence-corrected chi connectivity index (χ3v) is 0. The van der Waals surface area contributed by atoms with E-state index in [1.807, 2.05) is 0 Å². The summed E-state index contributed by atoms with van der Waals surface area (Å²) in [4.78, 5) is 8.36. The summed E-state index contributed by atoms with van der Waals surface area (Å²) in [5, 5.41) is 13.6. The van der Waals surface area contributed by atoms with Crippen LogP contribution in [0.4, 0.5) is 0 Å². The Morgan fingerprint density at radius 2 is 2.00 bits per heavy atom. The van der Waals surface area contributed by atoms with E-state index in [-0.39, 0.29) is 0 Å². The summed E-state index contributed by atoms with van der Waals surface area (Å²) < 4.78 is 0. The third-order valence-electron chi connectivity index (χ3n) is 0. The maximum atomic E-state index is 8.36. The van der Waals surface area contributed by atoms with Crippen LogP contribution >= 0.6 is 9.24 Å². The van der Waals surface area contributed by atoms with Gasteiger partial charge in [0, 0.05) is 0 Å². The van der Waals surface area contributed by atoms with Gasteiger partial charge in [-0.05, 0) is 6.16 Å². The Kier molecular flexibility index (Phi) is 12.8. The van der Waals surface area contributed by atoms with Crippen LogP contribution in [-0.2, 0) is 0 Å². The van der Waals surface area contributed by atoms with Crippen molar-refractivity contribution >= 4 is 9.24 Å². The first-order valence-corrected chi connectivity index (χ1v) is 2.50. The lowest BCUT2D eigenvalue weighted by molar-refractivity contribution is -0.742. The van der Waals surface area contributed by atoms with Crippen molar-refractivity contribution < 1.29 is 10.3 Å². The highest BCUT2D eigenvalue weighted by Gasteiger charge is 1.65. The number of hydrogen-bond acceptors (Lipinski definition) is 2. The molecule has 0 aliphatic carbocycles. The zero-order valence-corrected chi connectivity index (χ0v) is 5.15. The smallest absolute Gasteiger partial charge is 0.291 e. The van der Waals surface area contributed by atoms with Crippen molar-refractivity contribution in [1.82, 2.24) is 0 Å². The predicted octanol–water partition coefficient (Wildman–Crippen LogP) is 0.534. The second kappa shape index (κ2) is 9.16. The van der Waals surface area contributed by atoms with Crippen molar-refractivity contribution in [2.24, 2.45) is 0 Å². The van der Waals surface area contributed by atoms with Gasteiger partial charge in [-0.3, -0.25) is 0 Å². The van der Waals surface area contributed by atoms with Crippen LogP contribution in [-0.4, -0.2) is 16.5 Å². The molecule has 4 nitrogen and oxygen atoms in total. The molecule has 0 amide bonds. The molecule has 0 heterocycles. The van der Waals surface area contributed by atoms with E-state index in [1.165, 1.54) is 6.16 Å². The monoisotopic (exact) mass is 125 g/mol. The highest BCUT2D eigenvalue weighted by atomic mass is 31.0. The Bertz CT molecular complexity index is 44.2. The second-order valence-corrected chi connectivity index (χ2v) is 1.46. The third kappa shape index (κ3) is 542. The molecule has 1 atom stereocenters. The van der Waals surface area contributed by atoms with Gasteiger partial charge in [0.05, 0.1) is 0 Å². The zero-order valence-electron chi connectivity index (χ0n) is 4.00. The molecule has 0 rings (SSSR count). The van der Waals surface area contributed by atoms with Crippen molar-refractivity contribution in [1.29, 1.82) is 0 Å². The molecule has 1 unspecified atom stereocenters. The normalized spacial score (nSPS) is 6.00. The summed E-state index contributed by atoms with van der Waals surface area (Å²) in [6.07, 6.45) is 1.17. The van der Waals surface area contributed by atoms with E-state index in [0.717, 1.165) is 0 Å². The minimum Gasteiger partial charge on any atom is -0.328 e. The molecule has 0 radical (unpaired) electrons. The molecule has 7 heavy (non-hydrogen) atoms. The van der Waals surface area contributed by atoms with Gasteiger partial charge in [0.2, 0.25) is 0 Å². The molecule has 0 aromatic rings. The van der Waals surface area contributed by atoms with Gasteiger partial charge in [-0.1, -0.05) is 6.92 Å². The predicted molar refractivity (Wildman–Crippen MR) is 29.0 cm³/mol. The summed E-state index contributed by atoms with van der Waals surface area (Å²) in [5.41, 5.74) is 0. The van der Waals surface area contributed by atoms with Crippen LogP contribution in [0.15, 0.2) is 0 Å². The van der Waals surface area contributed by atoms with E-state index < -0.39 is 5.09 Å². The summed E-state index contributed by atoms with van der Waals surface area (Å²) in [6.45, 7) is 2.09. The van der Waals surface area contributed by atoms with Crippen molar-refractivity contribution in [3.8, 4) is 0 Å². The van der Waals surface area contributed by atoms with Gasteiger partial charge in [0.15, 0.2) is 0 Å². The van der Waals surface area contributed by atoms with Gasteiger partial charge in [-0.15, -0.1) is 19.4 Å². The fraction of sp³-hybridized carbons (Fsp3) is 1.00. The molecule has 0 saturated heterocycles. The van der Waals surface area contributed by atoms with Crippen LogP contribution in [0.3, 0.4) is 0 Å². The highest BCUT2D eigenvalue weighted by Crippen LogP contribution is 1.68. The van der Waals surface area contributed by atoms with Crippen LogP contribution in [0.2, 0.25) is 0 Å². The summed E-state index contributed by atoms with van der Waals surface area (Å²) >= 11 is 0. The Balaban J connectivity index is 0. The van der Waals surface area contributed by atoms with Gasteiger partial charge < -0.3 is 5.21 Å². The molecule has 0 saturated carbocycles. The van der Waals surface area contributed by atoms with Crippen molar-refractivity contribution in [3.63, 3.8) is 0 Å². The molecule has 1 N–H and O–H groups in total. The van der Waals surface area contributed by atoms with E-state index in [0.29, 0.717) is 0 Å². The maximum absolute atomic E-state index is 8.36. The highest BCUT2D eigenvalue weighted by molar-refractivity contribution is 7.16. The summed E-state index contributed by atoms with van der Waals surface area (Å²) in [5.74, 6) is 0. The Labute approximate surface area is 43.8 Å². The average molecular weight is 125 g/mol. The zero-order chi connectivity index (χ0) is 6.28. The van der Waals surface area contributed by atoms with E-state index in [4.69, 9.17) is 15.3 Å². The molecule has 5 heteroatoms. The van der Waals surface area contributed by atoms with E-state index in [2.05, 4.69) is 16.2 Å². The lowest BCUT2D eigenvalue weighted by Gasteiger charge is -1.56. The average Bonchev–Trinajstić information content (AvgIpc) is 1.33. The molecule has 0 aliphatic heterocycles. The first kappa shape index (κ1) is 9.80. The molecular formula is C2H8NO3P. The molecule has 0 aromatic carbocycles. The molecule has 0 spiro atoms. The minimum absolute atomic E-state index is 1.17. The van der Waals surface area contributed by atoms with Crippen molar-refractivity contribution in [2.75, 3.05) is 6.16 Å². The van der Waals surface area contributed by atoms with Crippen LogP contribution in [0.1, 0.15) is 6.92 Å². The molecular weight excluding hydrogens is 117 g/mol. The van der Waals surface area contributed by atoms with Crippen LogP contribution < -0.4 is 0 Å². The Hall–Kier alpha value is -0.370. The van der Waals surface area contributed by atoms with Crippen LogP contribution in [0, 0.1) is 10.1 Å². The van der Waals surface area contributed by atoms with Crippen molar-refractivity contribution in [3.05, 3.63) is 10.1 Å². The van der Waals surface area contributed by atoms with Gasteiger partial charge in [0.1, 0.15) is 0 Å². The summed E-state index contributed by atoms with van der Waals surface area (Å²) in [7, 11) is 2.58. The largest absolute Gasteiger partial charge is 0.328 e. The summed E-state index contributed by atoms with van der Waals surface area (Å²) in [6, 6.07) is 0. The molecule has 44 valence electrons. The SMILES string of the molecule is CCP.O=[N+]([O-])O. The van der Waals surface area contributed by atoms with E-state index in [9.17, 15) is 0 Å². The molecule has 0 aromatic heterocycles. The van der Waals surface area contributed by atoms with E-state index >= 15 is 0 Å². The number of hydrogen-bond donors (Lipinski definition) is 1. The number of nitrogens with zero attached hydrogens (tertiary/aromatic N) is 1. The first-order valence-electron chi connectivity index (χ1n) is 1.68. The fourth-order valence-corrected chi connectivity index (χ4v) is 0. The first-order chi connectivity index (χ1) is 3.15. The standard InChI is InChI=1S/C2H7P.HNO3/c1-2-3;2-1(3)4/h2-3H2,1H3;(H,2,3,4). The molecule has 0 bridgehead atoms. The van der Waals surface area contributed by atoms with Crippen molar-refractivity contribution in [2.45, 2.75) is 6.92 Å².